The number of hydrogen-bond acceptors (Lipinski definition) is 6. The van der Waals surface area contributed by atoms with Gasteiger partial charge in [-0.25, -0.2) is 26.9 Å². The highest BCUT2D eigenvalue weighted by Crippen LogP contribution is 2.23. The molecule has 2 aromatic heterocycles. The van der Waals surface area contributed by atoms with Crippen molar-refractivity contribution in [1.82, 2.24) is 18.5 Å². The van der Waals surface area contributed by atoms with Crippen LogP contribution in [-0.2, 0) is 10.0 Å². The summed E-state index contributed by atoms with van der Waals surface area (Å²) in [6, 6.07) is 1.47. The average Bonchev–Trinajstić information content (AvgIpc) is 3.24. The molecule has 0 amide bonds. The van der Waals surface area contributed by atoms with Gasteiger partial charge in [0.25, 0.3) is 0 Å². The van der Waals surface area contributed by atoms with Crippen LogP contribution in [0.1, 0.15) is 25.7 Å². The Morgan fingerprint density at radius 2 is 1.86 bits per heavy atom. The largest absolute Gasteiger partial charge is 0.355 e. The number of imidazole rings is 1. The lowest BCUT2D eigenvalue weighted by atomic mass is 10.2. The Kier molecular flexibility index (Phi) is 6.96. The van der Waals surface area contributed by atoms with E-state index in [2.05, 4.69) is 35.3 Å². The van der Waals surface area contributed by atoms with Crippen LogP contribution in [0, 0.1) is 11.6 Å². The maximum absolute atomic E-state index is 13.8. The molecule has 7 nitrogen and oxygen atoms in total. The number of aromatic nitrogens is 3. The zero-order valence-corrected chi connectivity index (χ0v) is 17.9. The second-order valence-electron chi connectivity index (χ2n) is 6.02. The molecule has 0 atom stereocenters. The van der Waals surface area contributed by atoms with E-state index in [0.717, 1.165) is 42.8 Å². The first-order valence-electron chi connectivity index (χ1n) is 8.55. The van der Waals surface area contributed by atoms with Crippen LogP contribution in [0.5, 0.6) is 0 Å². The van der Waals surface area contributed by atoms with Crippen molar-refractivity contribution in [2.24, 2.45) is 0 Å². The maximum atomic E-state index is 13.8. The standard InChI is InChI=1S/C16H18BrF2N5O2S2/c17-11-9-13(19)14(10-12(11)18)28(25,26)22-6-4-2-1-3-5-20-15-23-27-16-21-7-8-24(15)16/h7-10,22H,1-6H2,(H,20,23). The van der Waals surface area contributed by atoms with Gasteiger partial charge in [0, 0.05) is 37.0 Å². The predicted molar refractivity (Wildman–Crippen MR) is 107 cm³/mol. The van der Waals surface area contributed by atoms with Crippen LogP contribution in [0.3, 0.4) is 0 Å². The molecule has 0 radical (unpaired) electrons. The van der Waals surface area contributed by atoms with Crippen LogP contribution >= 0.6 is 27.5 Å². The molecule has 0 saturated carbocycles. The van der Waals surface area contributed by atoms with Crippen LogP contribution in [0.2, 0.25) is 0 Å². The highest BCUT2D eigenvalue weighted by atomic mass is 79.9. The predicted octanol–water partition coefficient (Wildman–Crippen LogP) is 3.78. The molecular weight excluding hydrogens is 476 g/mol. The number of benzene rings is 1. The molecule has 0 saturated heterocycles. The molecule has 3 rings (SSSR count). The molecule has 0 aliphatic carbocycles. The summed E-state index contributed by atoms with van der Waals surface area (Å²) in [7, 11) is -4.09. The van der Waals surface area contributed by atoms with Gasteiger partial charge in [-0.3, -0.25) is 4.40 Å². The van der Waals surface area contributed by atoms with E-state index in [0.29, 0.717) is 12.5 Å². The van der Waals surface area contributed by atoms with Crippen molar-refractivity contribution in [3.8, 4) is 0 Å². The fourth-order valence-corrected chi connectivity index (χ4v) is 4.68. The fraction of sp³-hybridized carbons (Fsp3) is 0.375. The Balaban J connectivity index is 1.35. The third-order valence-corrected chi connectivity index (χ3v) is 6.81. The Morgan fingerprint density at radius 1 is 1.11 bits per heavy atom. The minimum Gasteiger partial charge on any atom is -0.355 e. The van der Waals surface area contributed by atoms with Crippen LogP contribution in [0.4, 0.5) is 14.7 Å². The van der Waals surface area contributed by atoms with Gasteiger partial charge >= 0.3 is 0 Å². The number of sulfonamides is 1. The van der Waals surface area contributed by atoms with E-state index >= 15 is 0 Å². The zero-order valence-electron chi connectivity index (χ0n) is 14.7. The second kappa shape index (κ2) is 9.25. The van der Waals surface area contributed by atoms with Gasteiger partial charge in [0.15, 0.2) is 0 Å². The van der Waals surface area contributed by atoms with Crippen molar-refractivity contribution in [3.05, 3.63) is 40.6 Å². The Labute approximate surface area is 173 Å². The molecule has 28 heavy (non-hydrogen) atoms. The third-order valence-electron chi connectivity index (χ3n) is 3.99. The molecule has 0 bridgehead atoms. The first-order chi connectivity index (χ1) is 13.4. The zero-order chi connectivity index (χ0) is 20.1. The fourth-order valence-electron chi connectivity index (χ4n) is 2.56. The molecule has 0 unspecified atom stereocenters. The van der Waals surface area contributed by atoms with E-state index in [-0.39, 0.29) is 11.0 Å². The molecule has 2 heterocycles. The first-order valence-corrected chi connectivity index (χ1v) is 11.6. The highest BCUT2D eigenvalue weighted by Gasteiger charge is 2.20. The van der Waals surface area contributed by atoms with Gasteiger partial charge < -0.3 is 5.32 Å². The molecule has 0 fully saturated rings. The van der Waals surface area contributed by atoms with E-state index in [4.69, 9.17) is 0 Å². The second-order valence-corrected chi connectivity index (χ2v) is 9.34. The molecule has 0 aliphatic heterocycles. The number of rotatable bonds is 10. The van der Waals surface area contributed by atoms with E-state index in [1.54, 1.807) is 6.20 Å². The lowest BCUT2D eigenvalue weighted by Gasteiger charge is -2.09. The van der Waals surface area contributed by atoms with Crippen LogP contribution in [0.15, 0.2) is 33.9 Å². The van der Waals surface area contributed by atoms with Crippen molar-refractivity contribution in [1.29, 1.82) is 0 Å². The number of halogens is 3. The number of hydrogen-bond donors (Lipinski definition) is 2. The monoisotopic (exact) mass is 493 g/mol. The van der Waals surface area contributed by atoms with E-state index in [1.807, 2.05) is 10.6 Å². The molecule has 0 spiro atoms. The molecule has 1 aromatic carbocycles. The summed E-state index contributed by atoms with van der Waals surface area (Å²) in [5.74, 6) is -1.07. The lowest BCUT2D eigenvalue weighted by molar-refractivity contribution is 0.540. The number of fused-ring (bicyclic) bond motifs is 1. The lowest BCUT2D eigenvalue weighted by Crippen LogP contribution is -2.26. The number of nitrogens with zero attached hydrogens (tertiary/aromatic N) is 3. The molecule has 152 valence electrons. The quantitative estimate of drug-likeness (QED) is 0.331. The van der Waals surface area contributed by atoms with Crippen LogP contribution in [-0.4, -0.2) is 35.3 Å². The van der Waals surface area contributed by atoms with Gasteiger partial charge in [-0.2, -0.15) is 4.37 Å². The van der Waals surface area contributed by atoms with Crippen molar-refractivity contribution in [2.45, 2.75) is 30.6 Å². The molecule has 2 N–H and O–H groups in total. The molecule has 12 heteroatoms. The van der Waals surface area contributed by atoms with Gasteiger partial charge in [0.05, 0.1) is 4.47 Å². The van der Waals surface area contributed by atoms with Crippen LogP contribution in [0.25, 0.3) is 4.96 Å². The SMILES string of the molecule is O=S(=O)(NCCCCCCNc1nsc2nccn12)c1cc(F)c(Br)cc1F. The first kappa shape index (κ1) is 21.1. The Morgan fingerprint density at radius 3 is 2.64 bits per heavy atom. The van der Waals surface area contributed by atoms with Gasteiger partial charge in [0.1, 0.15) is 16.5 Å². The summed E-state index contributed by atoms with van der Waals surface area (Å²) >= 11 is 4.14. The molecule has 3 aromatic rings. The highest BCUT2D eigenvalue weighted by molar-refractivity contribution is 9.10. The summed E-state index contributed by atoms with van der Waals surface area (Å²) in [5.41, 5.74) is 0. The van der Waals surface area contributed by atoms with Crippen molar-refractivity contribution in [2.75, 3.05) is 18.4 Å². The number of anilines is 1. The topological polar surface area (TPSA) is 88.4 Å². The van der Waals surface area contributed by atoms with Crippen molar-refractivity contribution < 1.29 is 17.2 Å². The average molecular weight is 494 g/mol. The van der Waals surface area contributed by atoms with E-state index < -0.39 is 26.6 Å². The maximum Gasteiger partial charge on any atom is 0.243 e. The normalized spacial score (nSPS) is 12.0. The van der Waals surface area contributed by atoms with E-state index in [9.17, 15) is 17.2 Å². The Hall–Kier alpha value is -1.63. The Bertz CT molecular complexity index is 1050. The smallest absolute Gasteiger partial charge is 0.243 e. The third kappa shape index (κ3) is 5.04. The van der Waals surface area contributed by atoms with Gasteiger partial charge in [-0.1, -0.05) is 12.8 Å². The summed E-state index contributed by atoms with van der Waals surface area (Å²) in [6.45, 7) is 0.904. The van der Waals surface area contributed by atoms with Gasteiger partial charge in [-0.15, -0.1) is 0 Å². The molecular formula is C16H18BrF2N5O2S2. The summed E-state index contributed by atoms with van der Waals surface area (Å²) < 4.78 is 59.9. The van der Waals surface area contributed by atoms with Gasteiger partial charge in [-0.05, 0) is 40.9 Å². The summed E-state index contributed by atoms with van der Waals surface area (Å²) in [5, 5.41) is 3.24. The number of nitrogens with one attached hydrogen (secondary N) is 2. The molecule has 0 aliphatic rings. The minimum absolute atomic E-state index is 0.121. The van der Waals surface area contributed by atoms with Gasteiger partial charge in [0.2, 0.25) is 20.9 Å². The minimum atomic E-state index is -4.09. The summed E-state index contributed by atoms with van der Waals surface area (Å²) in [4.78, 5) is 4.29. The van der Waals surface area contributed by atoms with Crippen LogP contribution < -0.4 is 10.0 Å². The number of unbranched alkanes of at least 4 members (excludes halogenated alkanes) is 3. The summed E-state index contributed by atoms with van der Waals surface area (Å²) in [6.07, 6.45) is 6.75. The van der Waals surface area contributed by atoms with E-state index in [1.165, 1.54) is 11.5 Å². The van der Waals surface area contributed by atoms with Crippen molar-refractivity contribution in [3.63, 3.8) is 0 Å². The van der Waals surface area contributed by atoms with Crippen molar-refractivity contribution >= 4 is 48.4 Å².